The Bertz CT molecular complexity index is 645. The number of carbonyl (C=O) groups excluding carboxylic acids is 1. The quantitative estimate of drug-likeness (QED) is 0.784. The number of amides is 1. The van der Waals surface area contributed by atoms with Crippen LogP contribution in [0.2, 0.25) is 0 Å². The molecule has 0 aliphatic heterocycles. The molecule has 0 saturated carbocycles. The topological polar surface area (TPSA) is 38.3 Å². The standard InChI is InChI=1S/C21H27NO2/c1-16(2)15-24-19-12-10-18(11-13-19)22-20(23)21(3,4)14-17-8-6-5-7-9-17/h5-13,16H,14-15H2,1-4H3,(H,22,23). The monoisotopic (exact) mass is 325 g/mol. The highest BCUT2D eigenvalue weighted by Crippen LogP contribution is 2.25. The van der Waals surface area contributed by atoms with Gasteiger partial charge in [-0.2, -0.15) is 0 Å². The molecule has 0 unspecified atom stereocenters. The van der Waals surface area contributed by atoms with Gasteiger partial charge in [0.1, 0.15) is 5.75 Å². The third-order valence-electron chi connectivity index (χ3n) is 3.80. The summed E-state index contributed by atoms with van der Waals surface area (Å²) in [6.45, 7) is 8.85. The molecular weight excluding hydrogens is 298 g/mol. The zero-order valence-corrected chi connectivity index (χ0v) is 15.0. The maximum Gasteiger partial charge on any atom is 0.230 e. The van der Waals surface area contributed by atoms with E-state index in [-0.39, 0.29) is 5.91 Å². The van der Waals surface area contributed by atoms with Gasteiger partial charge in [-0.1, -0.05) is 58.0 Å². The third kappa shape index (κ3) is 5.41. The predicted molar refractivity (Wildman–Crippen MR) is 99.3 cm³/mol. The van der Waals surface area contributed by atoms with Crippen molar-refractivity contribution in [1.82, 2.24) is 0 Å². The Morgan fingerprint density at radius 2 is 1.67 bits per heavy atom. The third-order valence-corrected chi connectivity index (χ3v) is 3.80. The molecule has 0 bridgehead atoms. The van der Waals surface area contributed by atoms with Crippen molar-refractivity contribution in [2.75, 3.05) is 11.9 Å². The second-order valence-corrected chi connectivity index (χ2v) is 7.23. The lowest BCUT2D eigenvalue weighted by molar-refractivity contribution is -0.123. The highest BCUT2D eigenvalue weighted by molar-refractivity contribution is 5.95. The molecule has 3 nitrogen and oxygen atoms in total. The lowest BCUT2D eigenvalue weighted by atomic mass is 9.84. The molecule has 1 N–H and O–H groups in total. The lowest BCUT2D eigenvalue weighted by Crippen LogP contribution is -2.32. The van der Waals surface area contributed by atoms with E-state index in [9.17, 15) is 4.79 Å². The Balaban J connectivity index is 1.95. The molecule has 0 radical (unpaired) electrons. The fraction of sp³-hybridized carbons (Fsp3) is 0.381. The first-order chi connectivity index (χ1) is 11.4. The van der Waals surface area contributed by atoms with Crippen molar-refractivity contribution in [1.29, 1.82) is 0 Å². The number of ether oxygens (including phenoxy) is 1. The Hall–Kier alpha value is -2.29. The molecule has 3 heteroatoms. The van der Waals surface area contributed by atoms with E-state index in [1.165, 1.54) is 0 Å². The van der Waals surface area contributed by atoms with E-state index in [4.69, 9.17) is 4.74 Å². The van der Waals surface area contributed by atoms with Gasteiger partial charge in [0.25, 0.3) is 0 Å². The summed E-state index contributed by atoms with van der Waals surface area (Å²) in [6.07, 6.45) is 0.704. The van der Waals surface area contributed by atoms with Crippen molar-refractivity contribution in [3.8, 4) is 5.75 Å². The van der Waals surface area contributed by atoms with Crippen LogP contribution in [-0.2, 0) is 11.2 Å². The van der Waals surface area contributed by atoms with Gasteiger partial charge in [-0.25, -0.2) is 0 Å². The Kier molecular flexibility index (Phi) is 6.02. The normalized spacial score (nSPS) is 11.4. The summed E-state index contributed by atoms with van der Waals surface area (Å²) < 4.78 is 5.66. The molecular formula is C21H27NO2. The second kappa shape index (κ2) is 8.00. The zero-order chi connectivity index (χ0) is 17.6. The number of nitrogens with one attached hydrogen (secondary N) is 1. The second-order valence-electron chi connectivity index (χ2n) is 7.23. The summed E-state index contributed by atoms with van der Waals surface area (Å²) in [5.41, 5.74) is 1.47. The van der Waals surface area contributed by atoms with Crippen molar-refractivity contribution in [3.63, 3.8) is 0 Å². The van der Waals surface area contributed by atoms with Gasteiger partial charge in [-0.15, -0.1) is 0 Å². The number of benzene rings is 2. The number of hydrogen-bond donors (Lipinski definition) is 1. The van der Waals surface area contributed by atoms with Gasteiger partial charge >= 0.3 is 0 Å². The highest BCUT2D eigenvalue weighted by atomic mass is 16.5. The average molecular weight is 325 g/mol. The largest absolute Gasteiger partial charge is 0.493 e. The molecule has 128 valence electrons. The molecule has 0 aromatic heterocycles. The van der Waals surface area contributed by atoms with Gasteiger partial charge in [-0.05, 0) is 42.2 Å². The molecule has 24 heavy (non-hydrogen) atoms. The van der Waals surface area contributed by atoms with Crippen LogP contribution in [0.4, 0.5) is 5.69 Å². The van der Waals surface area contributed by atoms with Crippen molar-refractivity contribution >= 4 is 11.6 Å². The van der Waals surface area contributed by atoms with Crippen molar-refractivity contribution < 1.29 is 9.53 Å². The Morgan fingerprint density at radius 3 is 2.25 bits per heavy atom. The molecule has 2 rings (SSSR count). The van der Waals surface area contributed by atoms with Crippen LogP contribution in [0, 0.1) is 11.3 Å². The highest BCUT2D eigenvalue weighted by Gasteiger charge is 2.27. The predicted octanol–water partition coefficient (Wildman–Crippen LogP) is 4.93. The molecule has 0 spiro atoms. The van der Waals surface area contributed by atoms with Crippen LogP contribution in [-0.4, -0.2) is 12.5 Å². The number of anilines is 1. The average Bonchev–Trinajstić information content (AvgIpc) is 2.54. The lowest BCUT2D eigenvalue weighted by Gasteiger charge is -2.24. The smallest absolute Gasteiger partial charge is 0.230 e. The van der Waals surface area contributed by atoms with E-state index in [2.05, 4.69) is 31.3 Å². The van der Waals surface area contributed by atoms with E-state index in [0.29, 0.717) is 18.9 Å². The van der Waals surface area contributed by atoms with Crippen molar-refractivity contribution in [2.45, 2.75) is 34.1 Å². The van der Waals surface area contributed by atoms with Crippen molar-refractivity contribution in [2.24, 2.45) is 11.3 Å². The van der Waals surface area contributed by atoms with Crippen LogP contribution < -0.4 is 10.1 Å². The van der Waals surface area contributed by atoms with Crippen LogP contribution in [0.25, 0.3) is 0 Å². The van der Waals surface area contributed by atoms with Gasteiger partial charge in [0, 0.05) is 11.1 Å². The summed E-state index contributed by atoms with van der Waals surface area (Å²) in [5.74, 6) is 1.33. The summed E-state index contributed by atoms with van der Waals surface area (Å²) in [7, 11) is 0. The number of rotatable bonds is 7. The molecule has 2 aromatic rings. The van der Waals surface area contributed by atoms with Crippen LogP contribution in [0.1, 0.15) is 33.3 Å². The minimum Gasteiger partial charge on any atom is -0.493 e. The molecule has 0 fully saturated rings. The molecule has 0 saturated heterocycles. The summed E-state index contributed by atoms with van der Waals surface area (Å²) in [5, 5.41) is 3.00. The van der Waals surface area contributed by atoms with Crippen LogP contribution in [0.15, 0.2) is 54.6 Å². The summed E-state index contributed by atoms with van der Waals surface area (Å²) in [4.78, 5) is 12.6. The minimum absolute atomic E-state index is 0.0159. The van der Waals surface area contributed by atoms with Crippen molar-refractivity contribution in [3.05, 3.63) is 60.2 Å². The van der Waals surface area contributed by atoms with Gasteiger partial charge < -0.3 is 10.1 Å². The molecule has 1 amide bonds. The molecule has 2 aromatic carbocycles. The number of hydrogen-bond acceptors (Lipinski definition) is 2. The molecule has 0 aliphatic rings. The number of carbonyl (C=O) groups is 1. The zero-order valence-electron chi connectivity index (χ0n) is 15.0. The summed E-state index contributed by atoms with van der Waals surface area (Å²) >= 11 is 0. The van der Waals surface area contributed by atoms with Crippen LogP contribution in [0.5, 0.6) is 5.75 Å². The Morgan fingerprint density at radius 1 is 1.04 bits per heavy atom. The van der Waals surface area contributed by atoms with E-state index in [1.807, 2.05) is 56.3 Å². The molecule has 0 aliphatic carbocycles. The van der Waals surface area contributed by atoms with Gasteiger partial charge in [0.05, 0.1) is 6.61 Å². The van der Waals surface area contributed by atoms with E-state index in [0.717, 1.165) is 17.0 Å². The fourth-order valence-corrected chi connectivity index (χ4v) is 2.38. The van der Waals surface area contributed by atoms with Crippen LogP contribution in [0.3, 0.4) is 0 Å². The van der Waals surface area contributed by atoms with E-state index >= 15 is 0 Å². The van der Waals surface area contributed by atoms with E-state index < -0.39 is 5.41 Å². The van der Waals surface area contributed by atoms with E-state index in [1.54, 1.807) is 0 Å². The first-order valence-corrected chi connectivity index (χ1v) is 8.45. The van der Waals surface area contributed by atoms with Gasteiger partial charge in [0.2, 0.25) is 5.91 Å². The molecule has 0 heterocycles. The first kappa shape index (κ1) is 18.1. The SMILES string of the molecule is CC(C)COc1ccc(NC(=O)C(C)(C)Cc2ccccc2)cc1. The molecule has 0 atom stereocenters. The maximum atomic E-state index is 12.6. The minimum atomic E-state index is -0.478. The first-order valence-electron chi connectivity index (χ1n) is 8.45. The van der Waals surface area contributed by atoms with Gasteiger partial charge in [0.15, 0.2) is 0 Å². The van der Waals surface area contributed by atoms with Crippen LogP contribution >= 0.6 is 0 Å². The Labute approximate surface area is 145 Å². The van der Waals surface area contributed by atoms with Gasteiger partial charge in [-0.3, -0.25) is 4.79 Å². The maximum absolute atomic E-state index is 12.6. The summed E-state index contributed by atoms with van der Waals surface area (Å²) in [6, 6.07) is 17.6. The fourth-order valence-electron chi connectivity index (χ4n) is 2.38.